The van der Waals surface area contributed by atoms with E-state index in [1.165, 1.54) is 31.4 Å². The van der Waals surface area contributed by atoms with Crippen LogP contribution in [0.5, 0.6) is 0 Å². The van der Waals surface area contributed by atoms with Gasteiger partial charge in [0.1, 0.15) is 6.07 Å². The van der Waals surface area contributed by atoms with Crippen molar-refractivity contribution in [3.8, 4) is 6.07 Å². The Morgan fingerprint density at radius 3 is 1.71 bits per heavy atom. The Bertz CT molecular complexity index is 725. The maximum absolute atomic E-state index is 11.4. The predicted molar refractivity (Wildman–Crippen MR) is 84.3 cm³/mol. The molecule has 5 rings (SSSR count). The number of hydrogen-bond acceptors (Lipinski definition) is 5. The molecule has 0 heterocycles. The Labute approximate surface area is 138 Å². The molecular formula is C17H17N3O4. The molecule has 0 N–H and O–H groups in total. The quantitative estimate of drug-likeness (QED) is 0.618. The third kappa shape index (κ3) is 2.09. The van der Waals surface area contributed by atoms with Crippen molar-refractivity contribution in [2.24, 2.45) is 17.8 Å². The van der Waals surface area contributed by atoms with Crippen LogP contribution in [0, 0.1) is 49.3 Å². The summed E-state index contributed by atoms with van der Waals surface area (Å²) in [4.78, 5) is 21.4. The van der Waals surface area contributed by atoms with Crippen LogP contribution in [0.1, 0.15) is 49.7 Å². The molecule has 24 heavy (non-hydrogen) atoms. The molecule has 124 valence electrons. The molecule has 4 aliphatic carbocycles. The van der Waals surface area contributed by atoms with E-state index in [1.807, 2.05) is 0 Å². The number of hydrogen-bond donors (Lipinski definition) is 0. The van der Waals surface area contributed by atoms with Crippen molar-refractivity contribution in [1.29, 1.82) is 5.26 Å². The van der Waals surface area contributed by atoms with Gasteiger partial charge in [0.25, 0.3) is 11.4 Å². The van der Waals surface area contributed by atoms with E-state index in [9.17, 15) is 20.2 Å². The van der Waals surface area contributed by atoms with Crippen LogP contribution >= 0.6 is 0 Å². The van der Waals surface area contributed by atoms with Gasteiger partial charge < -0.3 is 0 Å². The third-order valence-electron chi connectivity index (χ3n) is 6.25. The van der Waals surface area contributed by atoms with Gasteiger partial charge in [-0.1, -0.05) is 0 Å². The Balaban J connectivity index is 1.88. The van der Waals surface area contributed by atoms with Gasteiger partial charge in [0.15, 0.2) is 0 Å². The highest BCUT2D eigenvalue weighted by Gasteiger charge is 2.52. The normalized spacial score (nSPS) is 33.2. The lowest BCUT2D eigenvalue weighted by Crippen LogP contribution is -2.48. The van der Waals surface area contributed by atoms with E-state index in [0.717, 1.165) is 19.3 Å². The first-order valence-electron chi connectivity index (χ1n) is 8.29. The Kier molecular flexibility index (Phi) is 3.14. The third-order valence-corrected chi connectivity index (χ3v) is 6.25. The van der Waals surface area contributed by atoms with Gasteiger partial charge in [0, 0.05) is 12.1 Å². The van der Waals surface area contributed by atoms with Crippen molar-refractivity contribution >= 4 is 11.4 Å². The second kappa shape index (κ2) is 5.00. The summed E-state index contributed by atoms with van der Waals surface area (Å²) in [7, 11) is 0. The predicted octanol–water partition coefficient (Wildman–Crippen LogP) is 3.84. The summed E-state index contributed by atoms with van der Waals surface area (Å²) in [5, 5.41) is 31.9. The van der Waals surface area contributed by atoms with Crippen molar-refractivity contribution < 1.29 is 9.85 Å². The van der Waals surface area contributed by atoms with Crippen molar-refractivity contribution in [2.75, 3.05) is 0 Å². The lowest BCUT2D eigenvalue weighted by atomic mass is 9.48. The molecule has 4 fully saturated rings. The van der Waals surface area contributed by atoms with Crippen LogP contribution < -0.4 is 0 Å². The van der Waals surface area contributed by atoms with Crippen molar-refractivity contribution in [3.05, 3.63) is 43.5 Å². The summed E-state index contributed by atoms with van der Waals surface area (Å²) in [6, 6.07) is 4.50. The molecule has 0 aromatic heterocycles. The highest BCUT2D eigenvalue weighted by molar-refractivity contribution is 5.63. The fraction of sp³-hybridized carbons (Fsp3) is 0.588. The topological polar surface area (TPSA) is 110 Å². The maximum atomic E-state index is 11.4. The highest BCUT2D eigenvalue weighted by atomic mass is 16.6. The standard InChI is InChI=1S/C17H17N3O4/c18-9-14-15(19(21)22)4-13(5-16(14)20(23)24)17-6-10-1-11(7-17)3-12(2-10)8-17/h4-5,10-12H,1-3,6-8H2. The molecule has 0 spiro atoms. The summed E-state index contributed by atoms with van der Waals surface area (Å²) in [5.41, 5.74) is -0.800. The van der Waals surface area contributed by atoms with Crippen molar-refractivity contribution in [3.63, 3.8) is 0 Å². The van der Waals surface area contributed by atoms with E-state index in [4.69, 9.17) is 5.26 Å². The molecule has 4 aliphatic rings. The van der Waals surface area contributed by atoms with Gasteiger partial charge in [-0.25, -0.2) is 0 Å². The summed E-state index contributed by atoms with van der Waals surface area (Å²) in [6.07, 6.45) is 6.54. The van der Waals surface area contributed by atoms with E-state index in [2.05, 4.69) is 0 Å². The summed E-state index contributed by atoms with van der Waals surface area (Å²) in [5.74, 6) is 1.89. The lowest BCUT2D eigenvalue weighted by Gasteiger charge is -2.57. The smallest absolute Gasteiger partial charge is 0.258 e. The largest absolute Gasteiger partial charge is 0.294 e. The molecular weight excluding hydrogens is 310 g/mol. The van der Waals surface area contributed by atoms with Crippen LogP contribution in [-0.4, -0.2) is 9.85 Å². The fourth-order valence-electron chi connectivity index (χ4n) is 5.78. The number of nitro groups is 2. The average Bonchev–Trinajstić information content (AvgIpc) is 2.52. The zero-order valence-electron chi connectivity index (χ0n) is 13.1. The van der Waals surface area contributed by atoms with Crippen LogP contribution in [-0.2, 0) is 5.41 Å². The van der Waals surface area contributed by atoms with Crippen molar-refractivity contribution in [1.82, 2.24) is 0 Å². The van der Waals surface area contributed by atoms with E-state index in [1.54, 1.807) is 6.07 Å². The van der Waals surface area contributed by atoms with Gasteiger partial charge in [0.2, 0.25) is 5.56 Å². The molecule has 7 heteroatoms. The molecule has 0 radical (unpaired) electrons. The monoisotopic (exact) mass is 327 g/mol. The molecule has 0 amide bonds. The highest BCUT2D eigenvalue weighted by Crippen LogP contribution is 2.61. The van der Waals surface area contributed by atoms with Crippen LogP contribution in [0.25, 0.3) is 0 Å². The van der Waals surface area contributed by atoms with E-state index in [-0.39, 0.29) is 5.41 Å². The molecule has 1 aromatic rings. The second-order valence-corrected chi connectivity index (χ2v) is 7.71. The second-order valence-electron chi connectivity index (χ2n) is 7.71. The minimum atomic E-state index is -0.671. The molecule has 0 aliphatic heterocycles. The molecule has 7 nitrogen and oxygen atoms in total. The zero-order valence-corrected chi connectivity index (χ0v) is 13.1. The summed E-state index contributed by atoms with van der Waals surface area (Å²) < 4.78 is 0. The number of nitro benzene ring substituents is 2. The van der Waals surface area contributed by atoms with Crippen LogP contribution in [0.3, 0.4) is 0 Å². The number of benzene rings is 1. The number of nitriles is 1. The number of rotatable bonds is 3. The fourth-order valence-corrected chi connectivity index (χ4v) is 5.78. The van der Waals surface area contributed by atoms with Gasteiger partial charge in [-0.05, 0) is 67.3 Å². The van der Waals surface area contributed by atoms with Gasteiger partial charge in [-0.3, -0.25) is 20.2 Å². The Morgan fingerprint density at radius 2 is 1.38 bits per heavy atom. The minimum absolute atomic E-state index is 0.182. The summed E-state index contributed by atoms with van der Waals surface area (Å²) >= 11 is 0. The summed E-state index contributed by atoms with van der Waals surface area (Å²) in [6.45, 7) is 0. The van der Waals surface area contributed by atoms with Crippen LogP contribution in [0.4, 0.5) is 11.4 Å². The van der Waals surface area contributed by atoms with Gasteiger partial charge >= 0.3 is 0 Å². The minimum Gasteiger partial charge on any atom is -0.258 e. The Morgan fingerprint density at radius 1 is 0.958 bits per heavy atom. The van der Waals surface area contributed by atoms with Gasteiger partial charge in [-0.2, -0.15) is 5.26 Å². The average molecular weight is 327 g/mol. The SMILES string of the molecule is N#Cc1c([N+](=O)[O-])cc(C23CC4CC(CC(C4)C2)C3)cc1[N+](=O)[O-]. The first-order chi connectivity index (χ1) is 11.4. The van der Waals surface area contributed by atoms with Crippen LogP contribution in [0.15, 0.2) is 12.1 Å². The van der Waals surface area contributed by atoms with E-state index >= 15 is 0 Å². The van der Waals surface area contributed by atoms with Gasteiger partial charge in [-0.15, -0.1) is 0 Å². The van der Waals surface area contributed by atoms with Gasteiger partial charge in [0.05, 0.1) is 9.85 Å². The molecule has 1 aromatic carbocycles. The lowest BCUT2D eigenvalue weighted by molar-refractivity contribution is -0.394. The maximum Gasteiger partial charge on any atom is 0.294 e. The van der Waals surface area contributed by atoms with E-state index in [0.29, 0.717) is 23.3 Å². The van der Waals surface area contributed by atoms with Crippen molar-refractivity contribution in [2.45, 2.75) is 43.9 Å². The molecule has 0 atom stereocenters. The first kappa shape index (κ1) is 15.1. The number of nitrogens with zero attached hydrogens (tertiary/aromatic N) is 3. The first-order valence-corrected chi connectivity index (χ1v) is 8.29. The van der Waals surface area contributed by atoms with E-state index < -0.39 is 26.8 Å². The Hall–Kier alpha value is -2.49. The zero-order chi connectivity index (χ0) is 17.1. The molecule has 4 bridgehead atoms. The molecule has 0 saturated heterocycles. The molecule has 0 unspecified atom stereocenters. The molecule has 4 saturated carbocycles. The van der Waals surface area contributed by atoms with Crippen LogP contribution in [0.2, 0.25) is 0 Å².